The number of hydrazine groups is 1. The molecule has 1 saturated heterocycles. The van der Waals surface area contributed by atoms with Gasteiger partial charge in [-0.05, 0) is 33.6 Å². The van der Waals surface area contributed by atoms with Crippen molar-refractivity contribution in [3.05, 3.63) is 0 Å². The van der Waals surface area contributed by atoms with Gasteiger partial charge in [-0.25, -0.2) is 5.01 Å². The molecule has 0 aromatic rings. The minimum atomic E-state index is -0.179. The summed E-state index contributed by atoms with van der Waals surface area (Å²) in [5.41, 5.74) is 8.92. The molecule has 1 heterocycles. The lowest BCUT2D eigenvalue weighted by molar-refractivity contribution is -0.123. The van der Waals surface area contributed by atoms with E-state index in [1.807, 2.05) is 20.8 Å². The molecule has 0 saturated carbocycles. The monoisotopic (exact) mass is 256 g/mol. The van der Waals surface area contributed by atoms with Gasteiger partial charge in [-0.3, -0.25) is 10.2 Å². The Balaban J connectivity index is 2.34. The van der Waals surface area contributed by atoms with Crippen LogP contribution in [-0.2, 0) is 4.79 Å². The third-order valence-electron chi connectivity index (χ3n) is 2.95. The predicted molar refractivity (Wildman–Crippen MR) is 73.9 cm³/mol. The van der Waals surface area contributed by atoms with Gasteiger partial charge in [-0.2, -0.15) is 0 Å². The van der Waals surface area contributed by atoms with Crippen LogP contribution in [0.1, 0.15) is 46.5 Å². The molecular formula is C13H28N4O. The second kappa shape index (κ2) is 7.07. The number of nitrogens with one attached hydrogen (secondary N) is 2. The van der Waals surface area contributed by atoms with Crippen LogP contribution in [0, 0.1) is 0 Å². The van der Waals surface area contributed by atoms with E-state index in [0.717, 1.165) is 13.1 Å². The van der Waals surface area contributed by atoms with E-state index in [9.17, 15) is 4.79 Å². The summed E-state index contributed by atoms with van der Waals surface area (Å²) in [7, 11) is 0. The number of nitrogens with two attached hydrogens (primary N) is 1. The number of hydrogen-bond donors (Lipinski definition) is 3. The van der Waals surface area contributed by atoms with E-state index in [1.165, 1.54) is 19.3 Å². The molecule has 1 aliphatic heterocycles. The Bertz CT molecular complexity index is 256. The molecule has 18 heavy (non-hydrogen) atoms. The molecule has 0 bridgehead atoms. The number of amides is 1. The minimum Gasteiger partial charge on any atom is -0.351 e. The van der Waals surface area contributed by atoms with Gasteiger partial charge >= 0.3 is 0 Å². The lowest BCUT2D eigenvalue weighted by Crippen LogP contribution is -2.52. The second-order valence-corrected chi connectivity index (χ2v) is 6.11. The molecule has 0 aromatic carbocycles. The molecule has 5 nitrogen and oxygen atoms in total. The Hall–Kier alpha value is -0.650. The minimum absolute atomic E-state index is 0.0328. The van der Waals surface area contributed by atoms with E-state index in [4.69, 9.17) is 5.73 Å². The second-order valence-electron chi connectivity index (χ2n) is 6.11. The van der Waals surface area contributed by atoms with Crippen molar-refractivity contribution in [1.29, 1.82) is 0 Å². The highest BCUT2D eigenvalue weighted by Crippen LogP contribution is 2.07. The molecule has 0 spiro atoms. The quantitative estimate of drug-likeness (QED) is 0.674. The van der Waals surface area contributed by atoms with E-state index < -0.39 is 0 Å². The fourth-order valence-corrected chi connectivity index (χ4v) is 2.16. The lowest BCUT2D eigenvalue weighted by atomic mass is 10.1. The number of carbonyl (C=O) groups excluding carboxylic acids is 1. The maximum atomic E-state index is 11.8. The van der Waals surface area contributed by atoms with E-state index >= 15 is 0 Å². The van der Waals surface area contributed by atoms with Crippen LogP contribution in [0.15, 0.2) is 0 Å². The van der Waals surface area contributed by atoms with Crippen LogP contribution >= 0.6 is 0 Å². The molecule has 4 N–H and O–H groups in total. The smallest absolute Gasteiger partial charge is 0.222 e. The molecule has 106 valence electrons. The lowest BCUT2D eigenvalue weighted by Gasteiger charge is -2.31. The summed E-state index contributed by atoms with van der Waals surface area (Å²) in [5, 5.41) is 5.17. The van der Waals surface area contributed by atoms with Gasteiger partial charge in [-0.15, -0.1) is 0 Å². The van der Waals surface area contributed by atoms with E-state index in [1.54, 1.807) is 0 Å². The molecule has 1 rings (SSSR count). The normalized spacial score (nSPS) is 19.6. The molecule has 0 aliphatic carbocycles. The summed E-state index contributed by atoms with van der Waals surface area (Å²) < 4.78 is 0. The Labute approximate surface area is 110 Å². The highest BCUT2D eigenvalue weighted by atomic mass is 16.1. The first-order chi connectivity index (χ1) is 8.40. The van der Waals surface area contributed by atoms with Crippen molar-refractivity contribution in [1.82, 2.24) is 15.8 Å². The average Bonchev–Trinajstić information content (AvgIpc) is 2.27. The summed E-state index contributed by atoms with van der Waals surface area (Å²) in [6.45, 7) is 8.55. The topological polar surface area (TPSA) is 70.4 Å². The van der Waals surface area contributed by atoms with Crippen molar-refractivity contribution >= 4 is 5.91 Å². The summed E-state index contributed by atoms with van der Waals surface area (Å²) >= 11 is 0. The fourth-order valence-electron chi connectivity index (χ4n) is 2.16. The summed E-state index contributed by atoms with van der Waals surface area (Å²) in [5.74, 6) is 0.0578. The number of carbonyl (C=O) groups is 1. The molecule has 5 heteroatoms. The van der Waals surface area contributed by atoms with Gasteiger partial charge in [0.25, 0.3) is 0 Å². The Morgan fingerprint density at radius 2 is 1.89 bits per heavy atom. The predicted octanol–water partition coefficient (Wildman–Crippen LogP) is 0.609. The third-order valence-corrected chi connectivity index (χ3v) is 2.95. The van der Waals surface area contributed by atoms with Crippen molar-refractivity contribution < 1.29 is 4.79 Å². The molecule has 1 unspecified atom stereocenters. The summed E-state index contributed by atoms with van der Waals surface area (Å²) in [6, 6.07) is 0.0328. The van der Waals surface area contributed by atoms with Crippen LogP contribution < -0.4 is 16.5 Å². The van der Waals surface area contributed by atoms with Crippen molar-refractivity contribution in [3.8, 4) is 0 Å². The zero-order chi connectivity index (χ0) is 13.6. The Kier molecular flexibility index (Phi) is 6.05. The van der Waals surface area contributed by atoms with E-state index in [2.05, 4.69) is 15.8 Å². The van der Waals surface area contributed by atoms with Crippen molar-refractivity contribution in [2.45, 2.75) is 58.0 Å². The maximum absolute atomic E-state index is 11.8. The van der Waals surface area contributed by atoms with Crippen molar-refractivity contribution in [2.75, 3.05) is 19.6 Å². The highest BCUT2D eigenvalue weighted by Gasteiger charge is 2.20. The largest absolute Gasteiger partial charge is 0.351 e. The van der Waals surface area contributed by atoms with Gasteiger partial charge in [0.15, 0.2) is 0 Å². The number of hydrogen-bond acceptors (Lipinski definition) is 4. The number of nitrogens with zero attached hydrogens (tertiary/aromatic N) is 1. The van der Waals surface area contributed by atoms with Gasteiger partial charge in [0.1, 0.15) is 0 Å². The fraction of sp³-hybridized carbons (Fsp3) is 0.923. The summed E-state index contributed by atoms with van der Waals surface area (Å²) in [6.07, 6.45) is 4.18. The van der Waals surface area contributed by atoms with Crippen LogP contribution in [0.5, 0.6) is 0 Å². The Morgan fingerprint density at radius 3 is 2.39 bits per heavy atom. The van der Waals surface area contributed by atoms with Gasteiger partial charge < -0.3 is 11.1 Å². The zero-order valence-electron chi connectivity index (χ0n) is 12.0. The first kappa shape index (κ1) is 15.4. The van der Waals surface area contributed by atoms with E-state index in [0.29, 0.717) is 13.0 Å². The summed E-state index contributed by atoms with van der Waals surface area (Å²) in [4.78, 5) is 11.8. The Morgan fingerprint density at radius 1 is 1.28 bits per heavy atom. The van der Waals surface area contributed by atoms with Crippen molar-refractivity contribution in [3.63, 3.8) is 0 Å². The molecular weight excluding hydrogens is 228 g/mol. The van der Waals surface area contributed by atoms with Gasteiger partial charge in [0.2, 0.25) is 5.91 Å². The van der Waals surface area contributed by atoms with Gasteiger partial charge in [0.05, 0.1) is 0 Å². The van der Waals surface area contributed by atoms with Gasteiger partial charge in [-0.1, -0.05) is 6.42 Å². The van der Waals surface area contributed by atoms with Crippen LogP contribution in [0.3, 0.4) is 0 Å². The third kappa shape index (κ3) is 6.33. The van der Waals surface area contributed by atoms with Crippen molar-refractivity contribution in [2.24, 2.45) is 5.73 Å². The van der Waals surface area contributed by atoms with Crippen LogP contribution in [0.4, 0.5) is 0 Å². The molecule has 1 atom stereocenters. The molecule has 1 amide bonds. The number of piperidine rings is 1. The standard InChI is InChI=1S/C13H28N4O/c1-13(2,3)15-12(18)9-11(10-14)16-17-7-5-4-6-8-17/h11,16H,4-10,14H2,1-3H3,(H,15,18). The highest BCUT2D eigenvalue weighted by molar-refractivity contribution is 5.77. The molecule has 0 radical (unpaired) electrons. The molecule has 0 aromatic heterocycles. The average molecular weight is 256 g/mol. The SMILES string of the molecule is CC(C)(C)NC(=O)CC(CN)NN1CCCCC1. The number of rotatable bonds is 5. The molecule has 1 fully saturated rings. The maximum Gasteiger partial charge on any atom is 0.222 e. The van der Waals surface area contributed by atoms with Crippen LogP contribution in [0.2, 0.25) is 0 Å². The molecule has 1 aliphatic rings. The van der Waals surface area contributed by atoms with E-state index in [-0.39, 0.29) is 17.5 Å². The van der Waals surface area contributed by atoms with Gasteiger partial charge in [0, 0.05) is 37.6 Å². The zero-order valence-corrected chi connectivity index (χ0v) is 12.0. The van der Waals surface area contributed by atoms with Crippen LogP contribution in [0.25, 0.3) is 0 Å². The first-order valence-electron chi connectivity index (χ1n) is 6.93. The first-order valence-corrected chi connectivity index (χ1v) is 6.93. The van der Waals surface area contributed by atoms with Crippen LogP contribution in [-0.4, -0.2) is 42.1 Å².